The summed E-state index contributed by atoms with van der Waals surface area (Å²) >= 11 is 0. The van der Waals surface area contributed by atoms with Crippen molar-refractivity contribution in [3.05, 3.63) is 0 Å². The Balaban J connectivity index is 3.41. The summed E-state index contributed by atoms with van der Waals surface area (Å²) in [6, 6.07) is 0. The molecule has 0 saturated carbocycles. The first-order chi connectivity index (χ1) is 10.6. The molecule has 0 fully saturated rings. The van der Waals surface area contributed by atoms with Gasteiger partial charge >= 0.3 is 0 Å². The van der Waals surface area contributed by atoms with E-state index in [1.165, 1.54) is 0 Å². The van der Waals surface area contributed by atoms with Crippen molar-refractivity contribution in [2.45, 2.75) is 90.9 Å². The molecule has 0 rings (SSSR count). The predicted octanol–water partition coefficient (Wildman–Crippen LogP) is 4.78. The van der Waals surface area contributed by atoms with E-state index in [-0.39, 0.29) is 0 Å². The molecule has 0 aromatic carbocycles. The Morgan fingerprint density at radius 2 is 1.00 bits per heavy atom. The number of hydrogen-bond donors (Lipinski definition) is 0. The quantitative estimate of drug-likeness (QED) is 0.385. The average Bonchev–Trinajstić information content (AvgIpc) is 2.51. The van der Waals surface area contributed by atoms with Crippen LogP contribution in [0.4, 0.5) is 0 Å². The van der Waals surface area contributed by atoms with E-state index in [1.54, 1.807) is 0 Å². The van der Waals surface area contributed by atoms with Crippen molar-refractivity contribution in [3.8, 4) is 0 Å². The predicted molar refractivity (Wildman–Crippen MR) is 94.3 cm³/mol. The van der Waals surface area contributed by atoms with Gasteiger partial charge in [-0.15, -0.1) is 0 Å². The highest BCUT2D eigenvalue weighted by molar-refractivity contribution is 5.78. The van der Waals surface area contributed by atoms with Gasteiger partial charge in [-0.25, -0.2) is 0 Å². The lowest BCUT2D eigenvalue weighted by Crippen LogP contribution is -2.21. The van der Waals surface area contributed by atoms with Crippen LogP contribution >= 0.6 is 0 Å². The molecule has 0 aliphatic heterocycles. The fourth-order valence-corrected chi connectivity index (χ4v) is 2.52. The molecule has 0 aromatic rings. The number of ketones is 2. The van der Waals surface area contributed by atoms with Gasteiger partial charge in [0.15, 0.2) is 0 Å². The van der Waals surface area contributed by atoms with Crippen LogP contribution < -0.4 is 0 Å². The third kappa shape index (κ3) is 14.2. The first-order valence-electron chi connectivity index (χ1n) is 9.32. The van der Waals surface area contributed by atoms with Crippen molar-refractivity contribution in [1.29, 1.82) is 0 Å². The first-order valence-corrected chi connectivity index (χ1v) is 9.32. The largest absolute Gasteiger partial charge is 0.306 e. The molecule has 0 amide bonds. The van der Waals surface area contributed by atoms with E-state index in [2.05, 4.69) is 25.8 Å². The van der Waals surface area contributed by atoms with Gasteiger partial charge in [-0.2, -0.15) is 0 Å². The minimum absolute atomic E-state index is 0.426. The summed E-state index contributed by atoms with van der Waals surface area (Å²) < 4.78 is 0. The fourth-order valence-electron chi connectivity index (χ4n) is 2.52. The molecule has 0 aromatic heterocycles. The van der Waals surface area contributed by atoms with Gasteiger partial charge in [0, 0.05) is 25.7 Å². The lowest BCUT2D eigenvalue weighted by molar-refractivity contribution is -0.120. The van der Waals surface area contributed by atoms with Crippen molar-refractivity contribution in [1.82, 2.24) is 4.90 Å². The van der Waals surface area contributed by atoms with Crippen LogP contribution in [0.1, 0.15) is 90.9 Å². The summed E-state index contributed by atoms with van der Waals surface area (Å²) in [5.41, 5.74) is 0. The van der Waals surface area contributed by atoms with Crippen LogP contribution in [0.3, 0.4) is 0 Å². The first kappa shape index (κ1) is 21.3. The zero-order chi connectivity index (χ0) is 16.6. The molecule has 0 unspecified atom stereocenters. The summed E-state index contributed by atoms with van der Waals surface area (Å²) in [5.74, 6) is 0.852. The van der Waals surface area contributed by atoms with Crippen molar-refractivity contribution >= 4 is 11.6 Å². The van der Waals surface area contributed by atoms with Gasteiger partial charge in [-0.1, -0.05) is 26.7 Å². The van der Waals surface area contributed by atoms with Crippen LogP contribution in [0.15, 0.2) is 0 Å². The van der Waals surface area contributed by atoms with Crippen molar-refractivity contribution in [2.75, 3.05) is 20.1 Å². The van der Waals surface area contributed by atoms with Crippen molar-refractivity contribution in [2.24, 2.45) is 0 Å². The molecule has 0 saturated heterocycles. The molecule has 0 atom stereocenters. The lowest BCUT2D eigenvalue weighted by atomic mass is 10.1. The Labute approximate surface area is 137 Å². The highest BCUT2D eigenvalue weighted by Gasteiger charge is 2.04. The molecule has 0 heterocycles. The van der Waals surface area contributed by atoms with E-state index in [0.29, 0.717) is 11.6 Å². The van der Waals surface area contributed by atoms with E-state index in [9.17, 15) is 9.59 Å². The van der Waals surface area contributed by atoms with Crippen LogP contribution in [0.25, 0.3) is 0 Å². The van der Waals surface area contributed by atoms with Gasteiger partial charge in [-0.05, 0) is 58.7 Å². The summed E-state index contributed by atoms with van der Waals surface area (Å²) in [6.07, 6.45) is 11.5. The van der Waals surface area contributed by atoms with Crippen LogP contribution in [0, 0.1) is 0 Å². The number of carbonyl (C=O) groups is 2. The van der Waals surface area contributed by atoms with Gasteiger partial charge in [0.05, 0.1) is 0 Å². The number of hydrogen-bond acceptors (Lipinski definition) is 3. The van der Waals surface area contributed by atoms with E-state index in [1.807, 2.05) is 0 Å². The second-order valence-corrected chi connectivity index (χ2v) is 6.50. The lowest BCUT2D eigenvalue weighted by Gasteiger charge is -2.16. The van der Waals surface area contributed by atoms with Crippen molar-refractivity contribution < 1.29 is 9.59 Å². The smallest absolute Gasteiger partial charge is 0.132 e. The standard InChI is InChI=1S/C19H37NO2/c1-4-6-12-18(21)14-8-10-16-20(3)17-11-9-15-19(22)13-7-5-2/h4-17H2,1-3H3. The van der Waals surface area contributed by atoms with Gasteiger partial charge < -0.3 is 4.90 Å². The Hall–Kier alpha value is -0.700. The SMILES string of the molecule is CCCCC(=O)CCCCN(C)CCCCC(=O)CCCC. The Morgan fingerprint density at radius 3 is 1.36 bits per heavy atom. The maximum atomic E-state index is 11.6. The second-order valence-electron chi connectivity index (χ2n) is 6.50. The molecule has 0 bridgehead atoms. The average molecular weight is 312 g/mol. The minimum Gasteiger partial charge on any atom is -0.306 e. The van der Waals surface area contributed by atoms with Crippen LogP contribution in [0.2, 0.25) is 0 Å². The third-order valence-corrected chi connectivity index (χ3v) is 4.11. The minimum atomic E-state index is 0.426. The van der Waals surface area contributed by atoms with E-state index >= 15 is 0 Å². The Bertz CT molecular complexity index is 261. The molecule has 0 aliphatic rings. The summed E-state index contributed by atoms with van der Waals surface area (Å²) in [7, 11) is 2.14. The molecule has 3 heteroatoms. The molecular formula is C19H37NO2. The third-order valence-electron chi connectivity index (χ3n) is 4.11. The van der Waals surface area contributed by atoms with E-state index in [0.717, 1.165) is 90.1 Å². The van der Waals surface area contributed by atoms with Gasteiger partial charge in [-0.3, -0.25) is 9.59 Å². The molecule has 3 nitrogen and oxygen atoms in total. The fraction of sp³-hybridized carbons (Fsp3) is 0.895. The maximum absolute atomic E-state index is 11.6. The summed E-state index contributed by atoms with van der Waals surface area (Å²) in [5, 5.41) is 0. The molecular weight excluding hydrogens is 274 g/mol. The Kier molecular flexibility index (Phi) is 14.7. The van der Waals surface area contributed by atoms with Gasteiger partial charge in [0.1, 0.15) is 11.6 Å². The summed E-state index contributed by atoms with van der Waals surface area (Å²) in [6.45, 7) is 6.37. The maximum Gasteiger partial charge on any atom is 0.132 e. The Morgan fingerprint density at radius 1 is 0.636 bits per heavy atom. The number of Topliss-reactive ketones (excluding diaryl/α,β-unsaturated/α-hetero) is 2. The molecule has 130 valence electrons. The van der Waals surface area contributed by atoms with Gasteiger partial charge in [0.2, 0.25) is 0 Å². The number of rotatable bonds is 16. The number of unbranched alkanes of at least 4 members (excludes halogenated alkanes) is 4. The molecule has 0 N–H and O–H groups in total. The molecule has 22 heavy (non-hydrogen) atoms. The van der Waals surface area contributed by atoms with E-state index < -0.39 is 0 Å². The summed E-state index contributed by atoms with van der Waals surface area (Å²) in [4.78, 5) is 25.4. The topological polar surface area (TPSA) is 37.4 Å². The van der Waals surface area contributed by atoms with Crippen molar-refractivity contribution in [3.63, 3.8) is 0 Å². The normalized spacial score (nSPS) is 11.1. The highest BCUT2D eigenvalue weighted by Crippen LogP contribution is 2.06. The monoisotopic (exact) mass is 311 g/mol. The molecule has 0 spiro atoms. The van der Waals surface area contributed by atoms with E-state index in [4.69, 9.17) is 0 Å². The van der Waals surface area contributed by atoms with Crippen LogP contribution in [0.5, 0.6) is 0 Å². The highest BCUT2D eigenvalue weighted by atomic mass is 16.1. The molecule has 0 radical (unpaired) electrons. The number of carbonyl (C=O) groups excluding carboxylic acids is 2. The zero-order valence-electron chi connectivity index (χ0n) is 15.2. The molecule has 0 aliphatic carbocycles. The zero-order valence-corrected chi connectivity index (χ0v) is 15.2. The van der Waals surface area contributed by atoms with Crippen LogP contribution in [-0.4, -0.2) is 36.6 Å². The van der Waals surface area contributed by atoms with Gasteiger partial charge in [0.25, 0.3) is 0 Å². The second kappa shape index (κ2) is 15.2. The van der Waals surface area contributed by atoms with Crippen LogP contribution in [-0.2, 0) is 9.59 Å². The number of nitrogens with zero attached hydrogens (tertiary/aromatic N) is 1.